The minimum Gasteiger partial charge on any atom is -0.493 e. The maximum Gasteiger partial charge on any atom is 0.252 e. The van der Waals surface area contributed by atoms with Gasteiger partial charge in [0.15, 0.2) is 0 Å². The van der Waals surface area contributed by atoms with Crippen molar-refractivity contribution in [2.75, 3.05) is 31.6 Å². The molecule has 1 aliphatic carbocycles. The number of carbonyl (C=O) groups excluding carboxylic acids is 1. The zero-order valence-electron chi connectivity index (χ0n) is 24.8. The lowest BCUT2D eigenvalue weighted by Gasteiger charge is -2.41. The minimum atomic E-state index is -0.460. The SMILES string of the molecule is Cc1ccc(OC([Si])[C@@H]2CCN2C)cc1C(=O)NC1(c2cc(-c3cnc(N4CCCCC4)nc3)cc3ncccc23)CC1. The molecule has 1 N–H and O–H groups in total. The molecule has 8 nitrogen and oxygen atoms in total. The lowest BCUT2D eigenvalue weighted by atomic mass is 9.94. The molecule has 219 valence electrons. The molecule has 1 amide bonds. The Balaban J connectivity index is 1.16. The summed E-state index contributed by atoms with van der Waals surface area (Å²) in [6.07, 6.45) is 12.1. The van der Waals surface area contributed by atoms with Gasteiger partial charge in [0, 0.05) is 54.2 Å². The number of hydrogen-bond donors (Lipinski definition) is 1. The molecule has 4 heterocycles. The highest BCUT2D eigenvalue weighted by Gasteiger charge is 2.47. The monoisotopic (exact) mass is 589 g/mol. The van der Waals surface area contributed by atoms with Gasteiger partial charge in [0.25, 0.3) is 5.91 Å². The zero-order valence-corrected chi connectivity index (χ0v) is 25.8. The number of pyridine rings is 1. The second-order valence-electron chi connectivity index (χ2n) is 12.3. The van der Waals surface area contributed by atoms with E-state index in [9.17, 15) is 4.79 Å². The number of hydrogen-bond acceptors (Lipinski definition) is 7. The second kappa shape index (κ2) is 11.4. The third kappa shape index (κ3) is 5.52. The smallest absolute Gasteiger partial charge is 0.252 e. The van der Waals surface area contributed by atoms with Crippen LogP contribution in [0.1, 0.15) is 60.0 Å². The molecule has 2 aromatic heterocycles. The number of piperidine rings is 1. The van der Waals surface area contributed by atoms with E-state index in [0.717, 1.165) is 78.0 Å². The van der Waals surface area contributed by atoms with Crippen LogP contribution in [0.15, 0.2) is 61.1 Å². The van der Waals surface area contributed by atoms with Gasteiger partial charge in [-0.25, -0.2) is 9.97 Å². The number of amides is 1. The summed E-state index contributed by atoms with van der Waals surface area (Å²) in [7, 11) is 5.85. The van der Waals surface area contributed by atoms with Gasteiger partial charge in [0.1, 0.15) is 5.75 Å². The van der Waals surface area contributed by atoms with Crippen molar-refractivity contribution in [3.8, 4) is 16.9 Å². The molecule has 2 saturated heterocycles. The van der Waals surface area contributed by atoms with Gasteiger partial charge in [0.2, 0.25) is 5.95 Å². The van der Waals surface area contributed by atoms with Crippen LogP contribution >= 0.6 is 0 Å². The van der Waals surface area contributed by atoms with Crippen molar-refractivity contribution in [1.29, 1.82) is 0 Å². The molecular weight excluding hydrogens is 553 g/mol. The lowest BCUT2D eigenvalue weighted by Crippen LogP contribution is -2.53. The number of carbonyl (C=O) groups is 1. The first-order valence-corrected chi connectivity index (χ1v) is 16.0. The number of ether oxygens (including phenoxy) is 1. The molecule has 2 aromatic carbocycles. The summed E-state index contributed by atoms with van der Waals surface area (Å²) >= 11 is 0. The molecule has 9 heteroatoms. The van der Waals surface area contributed by atoms with Crippen molar-refractivity contribution >= 4 is 33.0 Å². The minimum absolute atomic E-state index is 0.0941. The molecule has 1 unspecified atom stereocenters. The van der Waals surface area contributed by atoms with Crippen LogP contribution in [-0.2, 0) is 5.54 Å². The number of aryl methyl sites for hydroxylation is 1. The molecular formula is C34H37N6O2Si. The second-order valence-corrected chi connectivity index (χ2v) is 12.9. The van der Waals surface area contributed by atoms with Crippen LogP contribution in [0.5, 0.6) is 5.75 Å². The highest BCUT2D eigenvalue weighted by atomic mass is 28.1. The van der Waals surface area contributed by atoms with Gasteiger partial charge in [-0.3, -0.25) is 9.78 Å². The van der Waals surface area contributed by atoms with Crippen LogP contribution in [0.2, 0.25) is 0 Å². The number of fused-ring (bicyclic) bond motifs is 1. The van der Waals surface area contributed by atoms with E-state index in [4.69, 9.17) is 19.7 Å². The third-order valence-corrected chi connectivity index (χ3v) is 9.86. The number of likely N-dealkylation sites (tertiary alicyclic amines) is 1. The van der Waals surface area contributed by atoms with Crippen molar-refractivity contribution in [3.63, 3.8) is 0 Å². The number of nitrogens with one attached hydrogen (secondary N) is 1. The Labute approximate surface area is 256 Å². The summed E-state index contributed by atoms with van der Waals surface area (Å²) in [5.74, 6) is 1.38. The standard InChI is InChI=1S/C34H37N6O2Si/c1-22-8-9-25(42-32(43)30-10-16-39(30)2)19-27(22)31(41)38-34(11-12-34)28-17-23(18-29-26(28)7-6-13-35-29)24-20-36-33(37-21-24)40-14-4-3-5-15-40/h6-9,13,17-21,30,32H,3-5,10-12,14-16H2,1-2H3,(H,38,41)/t30-,32?/m0/s1. The molecule has 2 aliphatic heterocycles. The van der Waals surface area contributed by atoms with Crippen LogP contribution in [-0.4, -0.2) is 74.5 Å². The van der Waals surface area contributed by atoms with E-state index in [1.165, 1.54) is 19.3 Å². The number of rotatable bonds is 8. The Morgan fingerprint density at radius 3 is 2.51 bits per heavy atom. The predicted octanol–water partition coefficient (Wildman–Crippen LogP) is 4.99. The molecule has 3 radical (unpaired) electrons. The van der Waals surface area contributed by atoms with Gasteiger partial charge < -0.3 is 19.9 Å². The Bertz CT molecular complexity index is 1650. The van der Waals surface area contributed by atoms with E-state index in [0.29, 0.717) is 17.4 Å². The fraction of sp³-hybridized carbons (Fsp3) is 0.412. The molecule has 2 atom stereocenters. The Morgan fingerprint density at radius 1 is 1.02 bits per heavy atom. The number of nitrogens with zero attached hydrogens (tertiary/aromatic N) is 5. The van der Waals surface area contributed by atoms with Crippen molar-refractivity contribution in [1.82, 2.24) is 25.2 Å². The van der Waals surface area contributed by atoms with Gasteiger partial charge in [-0.1, -0.05) is 12.1 Å². The number of aromatic nitrogens is 3. The molecule has 3 fully saturated rings. The van der Waals surface area contributed by atoms with Gasteiger partial charge in [-0.15, -0.1) is 0 Å². The van der Waals surface area contributed by atoms with E-state index < -0.39 is 5.54 Å². The molecule has 0 bridgehead atoms. The third-order valence-electron chi connectivity index (χ3n) is 9.36. The summed E-state index contributed by atoms with van der Waals surface area (Å²) in [6, 6.07) is 14.4. The van der Waals surface area contributed by atoms with Crippen molar-refractivity contribution < 1.29 is 9.53 Å². The fourth-order valence-electron chi connectivity index (χ4n) is 6.41. The molecule has 0 spiro atoms. The molecule has 7 rings (SSSR count). The average Bonchev–Trinajstić information content (AvgIpc) is 3.81. The van der Waals surface area contributed by atoms with E-state index in [-0.39, 0.29) is 11.6 Å². The van der Waals surface area contributed by atoms with Crippen LogP contribution < -0.4 is 15.0 Å². The fourth-order valence-corrected chi connectivity index (χ4v) is 6.96. The summed E-state index contributed by atoms with van der Waals surface area (Å²) in [5, 5.41) is 4.47. The maximum absolute atomic E-state index is 13.8. The van der Waals surface area contributed by atoms with Crippen LogP contribution in [0.4, 0.5) is 5.95 Å². The normalized spacial score (nSPS) is 20.3. The highest BCUT2D eigenvalue weighted by Crippen LogP contribution is 2.49. The summed E-state index contributed by atoms with van der Waals surface area (Å²) < 4.78 is 6.20. The number of likely N-dealkylation sites (N-methyl/N-ethyl adjacent to an activating group) is 1. The number of benzene rings is 2. The first-order valence-electron chi connectivity index (χ1n) is 15.4. The van der Waals surface area contributed by atoms with Gasteiger partial charge in [-0.05, 0) is 106 Å². The maximum atomic E-state index is 13.8. The van der Waals surface area contributed by atoms with Crippen molar-refractivity contribution in [2.45, 2.75) is 62.8 Å². The largest absolute Gasteiger partial charge is 0.493 e. The van der Waals surface area contributed by atoms with E-state index in [1.807, 2.05) is 49.8 Å². The van der Waals surface area contributed by atoms with Crippen molar-refractivity contribution in [3.05, 3.63) is 77.7 Å². The Hall–Kier alpha value is -3.82. The van der Waals surface area contributed by atoms with Crippen molar-refractivity contribution in [2.24, 2.45) is 0 Å². The summed E-state index contributed by atoms with van der Waals surface area (Å²) in [6.45, 7) is 5.06. The van der Waals surface area contributed by atoms with Crippen LogP contribution in [0.25, 0.3) is 22.0 Å². The molecule has 4 aromatic rings. The average molecular weight is 590 g/mol. The van der Waals surface area contributed by atoms with Crippen LogP contribution in [0.3, 0.4) is 0 Å². The Kier molecular flexibility index (Phi) is 7.39. The molecule has 3 aliphatic rings. The van der Waals surface area contributed by atoms with Gasteiger partial charge in [-0.2, -0.15) is 0 Å². The predicted molar refractivity (Wildman–Crippen MR) is 170 cm³/mol. The van der Waals surface area contributed by atoms with Crippen LogP contribution in [0, 0.1) is 6.92 Å². The molecule has 43 heavy (non-hydrogen) atoms. The van der Waals surface area contributed by atoms with E-state index in [1.54, 1.807) is 0 Å². The van der Waals surface area contributed by atoms with Gasteiger partial charge in [0.05, 0.1) is 27.0 Å². The quantitative estimate of drug-likeness (QED) is 0.290. The Morgan fingerprint density at radius 2 is 1.81 bits per heavy atom. The first-order chi connectivity index (χ1) is 20.9. The van der Waals surface area contributed by atoms with E-state index in [2.05, 4.69) is 50.6 Å². The topological polar surface area (TPSA) is 83.5 Å². The van der Waals surface area contributed by atoms with Gasteiger partial charge >= 0.3 is 0 Å². The lowest BCUT2D eigenvalue weighted by molar-refractivity contribution is 0.0562. The number of anilines is 1. The summed E-state index contributed by atoms with van der Waals surface area (Å²) in [4.78, 5) is 32.5. The first kappa shape index (κ1) is 28.0. The van der Waals surface area contributed by atoms with E-state index >= 15 is 0 Å². The highest BCUT2D eigenvalue weighted by molar-refractivity contribution is 6.11. The zero-order chi connectivity index (χ0) is 29.6. The molecule has 1 saturated carbocycles. The summed E-state index contributed by atoms with van der Waals surface area (Å²) in [5.41, 5.74) is 4.88.